The third kappa shape index (κ3) is 5.75. The maximum atomic E-state index is 12.1. The van der Waals surface area contributed by atoms with Crippen molar-refractivity contribution in [2.45, 2.75) is 45.3 Å². The van der Waals surface area contributed by atoms with Crippen molar-refractivity contribution in [2.24, 2.45) is 0 Å². The van der Waals surface area contributed by atoms with Crippen molar-refractivity contribution in [3.63, 3.8) is 0 Å². The summed E-state index contributed by atoms with van der Waals surface area (Å²) in [7, 11) is 0. The Balaban J connectivity index is 1.79. The van der Waals surface area contributed by atoms with E-state index in [4.69, 9.17) is 16.3 Å². The molecule has 0 bridgehead atoms. The van der Waals surface area contributed by atoms with E-state index in [0.717, 1.165) is 12.0 Å². The van der Waals surface area contributed by atoms with Gasteiger partial charge in [0.1, 0.15) is 5.60 Å². The molecule has 1 N–H and O–H groups in total. The summed E-state index contributed by atoms with van der Waals surface area (Å²) in [6, 6.07) is 7.18. The lowest BCUT2D eigenvalue weighted by atomic mass is 10.1. The van der Waals surface area contributed by atoms with Gasteiger partial charge in [-0.1, -0.05) is 23.7 Å². The molecule has 1 aliphatic rings. The third-order valence-electron chi connectivity index (χ3n) is 3.48. The molecule has 0 aliphatic carbocycles. The first kappa shape index (κ1) is 17.6. The summed E-state index contributed by atoms with van der Waals surface area (Å²) in [5.41, 5.74) is 0.404. The highest BCUT2D eigenvalue weighted by molar-refractivity contribution is 6.30. The molecule has 0 aromatic heterocycles. The van der Waals surface area contributed by atoms with Gasteiger partial charge in [-0.25, -0.2) is 4.79 Å². The van der Waals surface area contributed by atoms with Gasteiger partial charge in [-0.05, 0) is 44.9 Å². The highest BCUT2D eigenvalue weighted by Crippen LogP contribution is 2.16. The van der Waals surface area contributed by atoms with Crippen LogP contribution in [0.5, 0.6) is 0 Å². The summed E-state index contributed by atoms with van der Waals surface area (Å²) in [5, 5.41) is 3.62. The molecule has 0 radical (unpaired) electrons. The first-order chi connectivity index (χ1) is 10.7. The highest BCUT2D eigenvalue weighted by Gasteiger charge is 2.30. The van der Waals surface area contributed by atoms with E-state index in [9.17, 15) is 9.59 Å². The van der Waals surface area contributed by atoms with Crippen molar-refractivity contribution in [3.05, 3.63) is 34.9 Å². The second-order valence-electron chi connectivity index (χ2n) is 6.78. The lowest BCUT2D eigenvalue weighted by molar-refractivity contribution is -0.121. The number of carbonyl (C=O) groups is 2. The molecule has 1 fully saturated rings. The Morgan fingerprint density at radius 1 is 1.30 bits per heavy atom. The number of benzene rings is 1. The summed E-state index contributed by atoms with van der Waals surface area (Å²) in [5.74, 6) is -0.0524. The molecule has 0 saturated carbocycles. The lowest BCUT2D eigenvalue weighted by Gasteiger charge is -2.24. The van der Waals surface area contributed by atoms with Gasteiger partial charge in [0.25, 0.3) is 0 Å². The predicted molar refractivity (Wildman–Crippen MR) is 89.5 cm³/mol. The number of hydrogen-bond acceptors (Lipinski definition) is 3. The van der Waals surface area contributed by atoms with E-state index in [1.54, 1.807) is 17.0 Å². The fraction of sp³-hybridized carbons (Fsp3) is 0.529. The van der Waals surface area contributed by atoms with E-state index in [1.807, 2.05) is 32.9 Å². The Morgan fingerprint density at radius 2 is 1.96 bits per heavy atom. The molecule has 126 valence electrons. The minimum absolute atomic E-state index is 0.0256. The van der Waals surface area contributed by atoms with E-state index in [2.05, 4.69) is 5.32 Å². The second kappa shape index (κ2) is 7.21. The zero-order valence-corrected chi connectivity index (χ0v) is 14.5. The van der Waals surface area contributed by atoms with Crippen LogP contribution in [0, 0.1) is 0 Å². The van der Waals surface area contributed by atoms with Gasteiger partial charge in [0.15, 0.2) is 0 Å². The van der Waals surface area contributed by atoms with Crippen molar-refractivity contribution in [3.8, 4) is 0 Å². The Morgan fingerprint density at radius 3 is 2.57 bits per heavy atom. The van der Waals surface area contributed by atoms with Crippen molar-refractivity contribution in [2.75, 3.05) is 13.1 Å². The maximum Gasteiger partial charge on any atom is 0.410 e. The molecular weight excluding hydrogens is 316 g/mol. The van der Waals surface area contributed by atoms with Gasteiger partial charge >= 0.3 is 6.09 Å². The molecule has 1 aromatic rings. The highest BCUT2D eigenvalue weighted by atomic mass is 35.5. The van der Waals surface area contributed by atoms with Gasteiger partial charge in [-0.15, -0.1) is 0 Å². The molecule has 1 saturated heterocycles. The van der Waals surface area contributed by atoms with Crippen LogP contribution in [0.25, 0.3) is 0 Å². The average Bonchev–Trinajstić information content (AvgIpc) is 2.88. The van der Waals surface area contributed by atoms with Crippen molar-refractivity contribution in [1.82, 2.24) is 10.2 Å². The number of hydrogen-bond donors (Lipinski definition) is 1. The fourth-order valence-corrected chi connectivity index (χ4v) is 2.56. The summed E-state index contributed by atoms with van der Waals surface area (Å²) in [6.07, 6.45) is 0.720. The minimum Gasteiger partial charge on any atom is -0.444 e. The molecule has 0 spiro atoms. The number of nitrogens with zero attached hydrogens (tertiary/aromatic N) is 1. The smallest absolute Gasteiger partial charge is 0.410 e. The first-order valence-electron chi connectivity index (χ1n) is 7.75. The zero-order valence-electron chi connectivity index (χ0n) is 13.8. The van der Waals surface area contributed by atoms with Gasteiger partial charge in [0.2, 0.25) is 5.91 Å². The van der Waals surface area contributed by atoms with Crippen molar-refractivity contribution >= 4 is 23.6 Å². The van der Waals surface area contributed by atoms with E-state index in [1.165, 1.54) is 0 Å². The number of nitrogens with one attached hydrogen (secondary N) is 1. The SMILES string of the molecule is CC(C)(C)OC(=O)N1CCC(NC(=O)Cc2ccc(Cl)cc2)C1. The molecule has 23 heavy (non-hydrogen) atoms. The van der Waals surface area contributed by atoms with Crippen molar-refractivity contribution < 1.29 is 14.3 Å². The van der Waals surface area contributed by atoms with Crippen LogP contribution in [0.2, 0.25) is 5.02 Å². The summed E-state index contributed by atoms with van der Waals surface area (Å²) >= 11 is 5.83. The molecule has 2 rings (SSSR count). The number of likely N-dealkylation sites (tertiary alicyclic amines) is 1. The molecular formula is C17H23ClN2O3. The van der Waals surface area contributed by atoms with Gasteiger partial charge < -0.3 is 15.0 Å². The third-order valence-corrected chi connectivity index (χ3v) is 3.73. The van der Waals surface area contributed by atoms with E-state index in [0.29, 0.717) is 24.5 Å². The second-order valence-corrected chi connectivity index (χ2v) is 7.22. The van der Waals surface area contributed by atoms with E-state index >= 15 is 0 Å². The van der Waals surface area contributed by atoms with Crippen LogP contribution in [0.15, 0.2) is 24.3 Å². The normalized spacial score (nSPS) is 17.9. The molecule has 6 heteroatoms. The summed E-state index contributed by atoms with van der Waals surface area (Å²) < 4.78 is 5.34. The molecule has 1 aliphatic heterocycles. The Bertz CT molecular complexity index is 566. The molecule has 1 heterocycles. The van der Waals surface area contributed by atoms with E-state index < -0.39 is 5.60 Å². The van der Waals surface area contributed by atoms with Crippen LogP contribution in [0.4, 0.5) is 4.79 Å². The van der Waals surface area contributed by atoms with Crippen LogP contribution >= 0.6 is 11.6 Å². The number of rotatable bonds is 3. The number of amides is 2. The van der Waals surface area contributed by atoms with Crippen LogP contribution < -0.4 is 5.32 Å². The standard InChI is InChI=1S/C17H23ClN2O3/c1-17(2,3)23-16(22)20-9-8-14(11-20)19-15(21)10-12-4-6-13(18)7-5-12/h4-7,14H,8-11H2,1-3H3,(H,19,21). The minimum atomic E-state index is -0.507. The number of carbonyl (C=O) groups excluding carboxylic acids is 2. The Hall–Kier alpha value is -1.75. The van der Waals surface area contributed by atoms with Gasteiger partial charge in [0, 0.05) is 24.2 Å². The van der Waals surface area contributed by atoms with Crippen molar-refractivity contribution in [1.29, 1.82) is 0 Å². The van der Waals surface area contributed by atoms with Gasteiger partial charge in [-0.2, -0.15) is 0 Å². The lowest BCUT2D eigenvalue weighted by Crippen LogP contribution is -2.40. The summed E-state index contributed by atoms with van der Waals surface area (Å²) in [6.45, 7) is 6.60. The van der Waals surface area contributed by atoms with Gasteiger partial charge in [-0.3, -0.25) is 4.79 Å². The zero-order chi connectivity index (χ0) is 17.0. The topological polar surface area (TPSA) is 58.6 Å². The number of ether oxygens (including phenoxy) is 1. The van der Waals surface area contributed by atoms with Crippen LogP contribution in [-0.4, -0.2) is 41.6 Å². The maximum absolute atomic E-state index is 12.1. The first-order valence-corrected chi connectivity index (χ1v) is 8.12. The Labute approximate surface area is 141 Å². The Kier molecular flexibility index (Phi) is 5.52. The fourth-order valence-electron chi connectivity index (χ4n) is 2.44. The largest absolute Gasteiger partial charge is 0.444 e. The average molecular weight is 339 g/mol. The van der Waals surface area contributed by atoms with Gasteiger partial charge in [0.05, 0.1) is 6.42 Å². The quantitative estimate of drug-likeness (QED) is 0.921. The molecule has 1 atom stereocenters. The molecule has 1 aromatic carbocycles. The molecule has 2 amide bonds. The predicted octanol–water partition coefficient (Wildman–Crippen LogP) is 3.01. The van der Waals surface area contributed by atoms with Crippen LogP contribution in [-0.2, 0) is 16.0 Å². The number of halogens is 1. The van der Waals surface area contributed by atoms with Crippen LogP contribution in [0.1, 0.15) is 32.8 Å². The summed E-state index contributed by atoms with van der Waals surface area (Å²) in [4.78, 5) is 25.7. The van der Waals surface area contributed by atoms with E-state index in [-0.39, 0.29) is 18.0 Å². The molecule has 1 unspecified atom stereocenters. The molecule has 5 nitrogen and oxygen atoms in total. The van der Waals surface area contributed by atoms with Crippen LogP contribution in [0.3, 0.4) is 0 Å². The monoisotopic (exact) mass is 338 g/mol.